The molecule has 0 aliphatic rings. The first-order valence-electron chi connectivity index (χ1n) is 6.16. The molecule has 0 saturated heterocycles. The second-order valence-electron chi connectivity index (χ2n) is 4.11. The summed E-state index contributed by atoms with van der Waals surface area (Å²) in [7, 11) is 1.72. The third kappa shape index (κ3) is 3.77. The molecule has 1 aromatic carbocycles. The molecule has 1 N–H and O–H groups in total. The van der Waals surface area contributed by atoms with Gasteiger partial charge in [0.05, 0.1) is 18.1 Å². The molecule has 0 unspecified atom stereocenters. The fourth-order valence-corrected chi connectivity index (χ4v) is 1.61. The lowest BCUT2D eigenvalue weighted by Crippen LogP contribution is -2.28. The van der Waals surface area contributed by atoms with E-state index >= 15 is 0 Å². The average molecular weight is 245 g/mol. The van der Waals surface area contributed by atoms with Gasteiger partial charge in [0.25, 0.3) is 5.91 Å². The largest absolute Gasteiger partial charge is 0.384 e. The van der Waals surface area contributed by atoms with E-state index in [4.69, 9.17) is 5.26 Å². The smallest absolute Gasteiger partial charge is 0.255 e. The second kappa shape index (κ2) is 7.33. The highest BCUT2D eigenvalue weighted by atomic mass is 16.2. The summed E-state index contributed by atoms with van der Waals surface area (Å²) in [5, 5.41) is 11.8. The number of benzene rings is 1. The van der Waals surface area contributed by atoms with Crippen molar-refractivity contribution in [3.8, 4) is 6.07 Å². The third-order valence-corrected chi connectivity index (χ3v) is 2.63. The Balaban J connectivity index is 2.81. The molecule has 0 radical (unpaired) electrons. The standard InChI is InChI=1S/C14H19N3O/c1-3-10-16-13-8-5-4-7-12(13)14(18)17(2)11-6-9-15/h4-5,7-8,16H,3,6,10-11H2,1-2H3. The van der Waals surface area contributed by atoms with Crippen LogP contribution in [-0.4, -0.2) is 30.9 Å². The Hall–Kier alpha value is -2.02. The number of amides is 1. The lowest BCUT2D eigenvalue weighted by molar-refractivity contribution is 0.0799. The van der Waals surface area contributed by atoms with Crippen molar-refractivity contribution in [3.63, 3.8) is 0 Å². The van der Waals surface area contributed by atoms with Crippen molar-refractivity contribution in [2.24, 2.45) is 0 Å². The number of hydrogen-bond acceptors (Lipinski definition) is 3. The van der Waals surface area contributed by atoms with E-state index in [1.165, 1.54) is 0 Å². The first kappa shape index (κ1) is 14.0. The van der Waals surface area contributed by atoms with Gasteiger partial charge in [-0.2, -0.15) is 5.26 Å². The van der Waals surface area contributed by atoms with Gasteiger partial charge in [0.15, 0.2) is 0 Å². The highest BCUT2D eigenvalue weighted by molar-refractivity contribution is 5.99. The van der Waals surface area contributed by atoms with Crippen molar-refractivity contribution in [2.45, 2.75) is 19.8 Å². The predicted octanol–water partition coefficient (Wildman–Crippen LogP) is 2.49. The van der Waals surface area contributed by atoms with Crippen LogP contribution in [0.15, 0.2) is 24.3 Å². The molecule has 0 aromatic heterocycles. The maximum atomic E-state index is 12.2. The van der Waals surface area contributed by atoms with Crippen LogP contribution < -0.4 is 5.32 Å². The van der Waals surface area contributed by atoms with E-state index in [1.807, 2.05) is 30.3 Å². The van der Waals surface area contributed by atoms with Crippen molar-refractivity contribution in [1.82, 2.24) is 4.90 Å². The number of hydrogen-bond donors (Lipinski definition) is 1. The number of carbonyl (C=O) groups excluding carboxylic acids is 1. The molecule has 0 atom stereocenters. The summed E-state index contributed by atoms with van der Waals surface area (Å²) in [6.07, 6.45) is 1.36. The molecule has 0 bridgehead atoms. The van der Waals surface area contributed by atoms with Crippen molar-refractivity contribution in [1.29, 1.82) is 5.26 Å². The maximum Gasteiger partial charge on any atom is 0.255 e. The van der Waals surface area contributed by atoms with Gasteiger partial charge in [-0.25, -0.2) is 0 Å². The highest BCUT2D eigenvalue weighted by Gasteiger charge is 2.14. The first-order valence-corrected chi connectivity index (χ1v) is 6.16. The molecule has 4 nitrogen and oxygen atoms in total. The molecule has 1 amide bonds. The van der Waals surface area contributed by atoms with Crippen molar-refractivity contribution in [3.05, 3.63) is 29.8 Å². The van der Waals surface area contributed by atoms with Gasteiger partial charge in [-0.3, -0.25) is 4.79 Å². The molecule has 0 saturated carbocycles. The summed E-state index contributed by atoms with van der Waals surface area (Å²) in [6, 6.07) is 9.51. The zero-order valence-electron chi connectivity index (χ0n) is 10.9. The summed E-state index contributed by atoms with van der Waals surface area (Å²) in [5.41, 5.74) is 1.51. The Morgan fingerprint density at radius 1 is 1.44 bits per heavy atom. The van der Waals surface area contributed by atoms with Gasteiger partial charge in [0, 0.05) is 25.8 Å². The molecule has 0 aliphatic carbocycles. The maximum absolute atomic E-state index is 12.2. The van der Waals surface area contributed by atoms with Crippen LogP contribution in [0.1, 0.15) is 30.1 Å². The molecule has 1 rings (SSSR count). The van der Waals surface area contributed by atoms with Crippen LogP contribution >= 0.6 is 0 Å². The molecule has 1 aromatic rings. The zero-order valence-corrected chi connectivity index (χ0v) is 10.9. The number of nitrogens with zero attached hydrogens (tertiary/aromatic N) is 2. The van der Waals surface area contributed by atoms with Gasteiger partial charge >= 0.3 is 0 Å². The molecular formula is C14H19N3O. The summed E-state index contributed by atoms with van der Waals surface area (Å²) in [5.74, 6) is -0.0514. The molecule has 0 heterocycles. The molecule has 18 heavy (non-hydrogen) atoms. The van der Waals surface area contributed by atoms with E-state index in [2.05, 4.69) is 12.2 Å². The zero-order chi connectivity index (χ0) is 13.4. The summed E-state index contributed by atoms with van der Waals surface area (Å²) in [4.78, 5) is 13.8. The van der Waals surface area contributed by atoms with Crippen LogP contribution in [0, 0.1) is 11.3 Å². The number of carbonyl (C=O) groups is 1. The van der Waals surface area contributed by atoms with Crippen LogP contribution in [0.25, 0.3) is 0 Å². The average Bonchev–Trinajstić information content (AvgIpc) is 2.42. The molecule has 0 aliphatic heterocycles. The summed E-state index contributed by atoms with van der Waals surface area (Å²) >= 11 is 0. The molecule has 0 fully saturated rings. The lowest BCUT2D eigenvalue weighted by atomic mass is 10.1. The van der Waals surface area contributed by atoms with Crippen LogP contribution in [0.5, 0.6) is 0 Å². The fourth-order valence-electron chi connectivity index (χ4n) is 1.61. The molecular weight excluding hydrogens is 226 g/mol. The van der Waals surface area contributed by atoms with E-state index in [-0.39, 0.29) is 5.91 Å². The summed E-state index contributed by atoms with van der Waals surface area (Å²) in [6.45, 7) is 3.38. The third-order valence-electron chi connectivity index (χ3n) is 2.63. The van der Waals surface area contributed by atoms with Gasteiger partial charge in [-0.1, -0.05) is 19.1 Å². The van der Waals surface area contributed by atoms with Crippen molar-refractivity contribution in [2.75, 3.05) is 25.5 Å². The van der Waals surface area contributed by atoms with Gasteiger partial charge in [-0.05, 0) is 18.6 Å². The van der Waals surface area contributed by atoms with Crippen LogP contribution in [-0.2, 0) is 0 Å². The number of rotatable bonds is 6. The van der Waals surface area contributed by atoms with E-state index in [0.29, 0.717) is 18.5 Å². The quantitative estimate of drug-likeness (QED) is 0.837. The van der Waals surface area contributed by atoms with E-state index < -0.39 is 0 Å². The van der Waals surface area contributed by atoms with Crippen LogP contribution in [0.4, 0.5) is 5.69 Å². The molecule has 96 valence electrons. The molecule has 0 spiro atoms. The second-order valence-corrected chi connectivity index (χ2v) is 4.11. The Kier molecular flexibility index (Phi) is 5.72. The monoisotopic (exact) mass is 245 g/mol. The summed E-state index contributed by atoms with van der Waals surface area (Å²) < 4.78 is 0. The Bertz CT molecular complexity index is 437. The van der Waals surface area contributed by atoms with E-state index in [1.54, 1.807) is 11.9 Å². The number of nitriles is 1. The lowest BCUT2D eigenvalue weighted by Gasteiger charge is -2.18. The Morgan fingerprint density at radius 2 is 2.17 bits per heavy atom. The molecule has 4 heteroatoms. The minimum absolute atomic E-state index is 0.0514. The fraction of sp³-hybridized carbons (Fsp3) is 0.429. The SMILES string of the molecule is CCCNc1ccccc1C(=O)N(C)CCC#N. The van der Waals surface area contributed by atoms with Crippen molar-refractivity contribution >= 4 is 11.6 Å². The van der Waals surface area contributed by atoms with Crippen LogP contribution in [0.3, 0.4) is 0 Å². The van der Waals surface area contributed by atoms with Gasteiger partial charge < -0.3 is 10.2 Å². The number of nitrogens with one attached hydrogen (secondary N) is 1. The number of para-hydroxylation sites is 1. The van der Waals surface area contributed by atoms with E-state index in [0.717, 1.165) is 18.7 Å². The normalized spacial score (nSPS) is 9.61. The minimum atomic E-state index is -0.0514. The number of anilines is 1. The van der Waals surface area contributed by atoms with Gasteiger partial charge in [-0.15, -0.1) is 0 Å². The Labute approximate surface area is 108 Å². The van der Waals surface area contributed by atoms with Crippen LogP contribution in [0.2, 0.25) is 0 Å². The Morgan fingerprint density at radius 3 is 2.83 bits per heavy atom. The first-order chi connectivity index (χ1) is 8.70. The minimum Gasteiger partial charge on any atom is -0.384 e. The van der Waals surface area contributed by atoms with Gasteiger partial charge in [0.2, 0.25) is 0 Å². The van der Waals surface area contributed by atoms with Crippen molar-refractivity contribution < 1.29 is 4.79 Å². The topological polar surface area (TPSA) is 56.1 Å². The van der Waals surface area contributed by atoms with Gasteiger partial charge in [0.1, 0.15) is 0 Å². The highest BCUT2D eigenvalue weighted by Crippen LogP contribution is 2.16. The van der Waals surface area contributed by atoms with E-state index in [9.17, 15) is 4.79 Å². The predicted molar refractivity (Wildman–Crippen MR) is 72.4 cm³/mol.